The van der Waals surface area contributed by atoms with E-state index >= 15 is 0 Å². The predicted molar refractivity (Wildman–Crippen MR) is 161 cm³/mol. The summed E-state index contributed by atoms with van der Waals surface area (Å²) in [4.78, 5) is 7.64. The minimum Gasteiger partial charge on any atom is -0.491 e. The number of piperidine rings is 1. The monoisotopic (exact) mass is 577 g/mol. The lowest BCUT2D eigenvalue weighted by atomic mass is 9.90. The Kier molecular flexibility index (Phi) is 15.3. The number of nitrogens with one attached hydrogen (secondary N) is 1. The number of para-hydroxylation sites is 1. The number of hydrogen-bond acceptors (Lipinski definition) is 6. The van der Waals surface area contributed by atoms with E-state index in [9.17, 15) is 0 Å². The van der Waals surface area contributed by atoms with Crippen LogP contribution in [0.1, 0.15) is 65.7 Å². The first-order valence-electron chi connectivity index (χ1n) is 13.3. The Hall–Kier alpha value is -1.18. The Bertz CT molecular complexity index is 928. The average molecular weight is 579 g/mol. The molecule has 1 saturated carbocycles. The molecule has 0 bridgehead atoms. The molecule has 2 aliphatic rings. The number of hydrogen-bond donors (Lipinski definition) is 1. The maximum atomic E-state index is 6.38. The standard InChI is InChI=1S/C28H43N3O3.3ClH/c1-20(2)31-15-9-13-24(21(31)3)29-27-18-26(33-17-16-32-4)23-12-8-14-25(28(23)30-27)34-19-22-10-6-5-7-11-22;;;/h8,12,14,18,20-22,24H,5-7,9-11,13,15-17,19H2,1-4H3,(H,29,30);3*1H. The van der Waals surface area contributed by atoms with E-state index in [1.165, 1.54) is 38.5 Å². The Labute approximate surface area is 241 Å². The van der Waals surface area contributed by atoms with Crippen molar-refractivity contribution in [1.29, 1.82) is 0 Å². The zero-order valence-corrected chi connectivity index (χ0v) is 25.2. The van der Waals surface area contributed by atoms with Crippen molar-refractivity contribution in [1.82, 2.24) is 9.88 Å². The third-order valence-corrected chi connectivity index (χ3v) is 7.54. The summed E-state index contributed by atoms with van der Waals surface area (Å²) in [5.41, 5.74) is 0.875. The van der Waals surface area contributed by atoms with Crippen LogP contribution in [0, 0.1) is 5.92 Å². The SMILES string of the molecule is COCCOc1cc(NC2CCCN(C(C)C)C2C)nc2c(OCC3CCCCC3)cccc12.Cl.Cl.Cl. The van der Waals surface area contributed by atoms with Gasteiger partial charge in [0.25, 0.3) is 0 Å². The van der Waals surface area contributed by atoms with Crippen LogP contribution in [0.25, 0.3) is 10.9 Å². The summed E-state index contributed by atoms with van der Waals surface area (Å²) >= 11 is 0. The van der Waals surface area contributed by atoms with Crippen LogP contribution in [0.3, 0.4) is 0 Å². The summed E-state index contributed by atoms with van der Waals surface area (Å²) in [6, 6.07) is 9.54. The number of anilines is 1. The van der Waals surface area contributed by atoms with Crippen molar-refractivity contribution in [2.45, 2.75) is 83.8 Å². The zero-order chi connectivity index (χ0) is 23.9. The van der Waals surface area contributed by atoms with Crippen LogP contribution in [0.2, 0.25) is 0 Å². The van der Waals surface area contributed by atoms with Crippen molar-refractivity contribution >= 4 is 53.9 Å². The number of methoxy groups -OCH3 is 1. The molecular weight excluding hydrogens is 533 g/mol. The van der Waals surface area contributed by atoms with Crippen molar-refractivity contribution in [2.24, 2.45) is 5.92 Å². The first kappa shape index (κ1) is 33.8. The minimum atomic E-state index is 0. The molecule has 2 fully saturated rings. The highest BCUT2D eigenvalue weighted by molar-refractivity contribution is 5.91. The fraction of sp³-hybridized carbons (Fsp3) is 0.679. The van der Waals surface area contributed by atoms with Crippen LogP contribution < -0.4 is 14.8 Å². The lowest BCUT2D eigenvalue weighted by Crippen LogP contribution is -2.52. The predicted octanol–water partition coefficient (Wildman–Crippen LogP) is 7.16. The van der Waals surface area contributed by atoms with E-state index in [-0.39, 0.29) is 37.2 Å². The molecule has 2 atom stereocenters. The molecule has 6 nitrogen and oxygen atoms in total. The number of likely N-dealkylation sites (tertiary alicyclic amines) is 1. The van der Waals surface area contributed by atoms with Crippen LogP contribution in [0.15, 0.2) is 24.3 Å². The van der Waals surface area contributed by atoms with E-state index in [0.29, 0.717) is 37.3 Å². The van der Waals surface area contributed by atoms with E-state index in [4.69, 9.17) is 19.2 Å². The lowest BCUT2D eigenvalue weighted by Gasteiger charge is -2.42. The molecule has 1 aromatic carbocycles. The van der Waals surface area contributed by atoms with Crippen LogP contribution in [0.5, 0.6) is 11.5 Å². The molecule has 37 heavy (non-hydrogen) atoms. The first-order valence-corrected chi connectivity index (χ1v) is 13.3. The van der Waals surface area contributed by atoms with Gasteiger partial charge in [-0.3, -0.25) is 4.90 Å². The van der Waals surface area contributed by atoms with Crippen LogP contribution in [-0.4, -0.2) is 61.5 Å². The second-order valence-electron chi connectivity index (χ2n) is 10.3. The van der Waals surface area contributed by atoms with Gasteiger partial charge in [-0.15, -0.1) is 37.2 Å². The Morgan fingerprint density at radius 3 is 2.43 bits per heavy atom. The number of aromatic nitrogens is 1. The topological polar surface area (TPSA) is 55.9 Å². The van der Waals surface area contributed by atoms with Gasteiger partial charge in [0.2, 0.25) is 0 Å². The number of pyridine rings is 1. The van der Waals surface area contributed by atoms with Gasteiger partial charge in [-0.1, -0.05) is 25.3 Å². The van der Waals surface area contributed by atoms with E-state index in [2.05, 4.69) is 37.1 Å². The van der Waals surface area contributed by atoms with Gasteiger partial charge in [0.15, 0.2) is 0 Å². The summed E-state index contributed by atoms with van der Waals surface area (Å²) in [5.74, 6) is 3.18. The number of fused-ring (bicyclic) bond motifs is 1. The van der Waals surface area contributed by atoms with Gasteiger partial charge in [0, 0.05) is 36.7 Å². The van der Waals surface area contributed by atoms with Crippen molar-refractivity contribution in [2.75, 3.05) is 38.8 Å². The number of nitrogens with zero attached hydrogens (tertiary/aromatic N) is 2. The molecule has 2 unspecified atom stereocenters. The quantitative estimate of drug-likeness (QED) is 0.302. The normalized spacial score (nSPS) is 20.5. The van der Waals surface area contributed by atoms with Gasteiger partial charge >= 0.3 is 0 Å². The molecule has 212 valence electrons. The average Bonchev–Trinajstić information content (AvgIpc) is 2.84. The van der Waals surface area contributed by atoms with Crippen molar-refractivity contribution in [3.8, 4) is 11.5 Å². The second kappa shape index (κ2) is 16.7. The third-order valence-electron chi connectivity index (χ3n) is 7.54. The Morgan fingerprint density at radius 2 is 1.73 bits per heavy atom. The summed E-state index contributed by atoms with van der Waals surface area (Å²) < 4.78 is 17.7. The minimum absolute atomic E-state index is 0. The van der Waals surface area contributed by atoms with Gasteiger partial charge < -0.3 is 19.5 Å². The number of benzene rings is 1. The molecular formula is C28H46Cl3N3O3. The molecule has 2 aromatic rings. The number of halogens is 3. The van der Waals surface area contributed by atoms with Crippen LogP contribution in [0.4, 0.5) is 5.82 Å². The van der Waals surface area contributed by atoms with Gasteiger partial charge in [-0.05, 0) is 71.0 Å². The molecule has 1 aromatic heterocycles. The fourth-order valence-corrected chi connectivity index (χ4v) is 5.58. The smallest absolute Gasteiger partial charge is 0.145 e. The molecule has 2 heterocycles. The molecule has 9 heteroatoms. The van der Waals surface area contributed by atoms with Gasteiger partial charge in [-0.2, -0.15) is 0 Å². The second-order valence-corrected chi connectivity index (χ2v) is 10.3. The van der Waals surface area contributed by atoms with Gasteiger partial charge in [0.1, 0.15) is 29.4 Å². The molecule has 1 N–H and O–H groups in total. The molecule has 0 radical (unpaired) electrons. The third kappa shape index (κ3) is 8.93. The Morgan fingerprint density at radius 1 is 0.973 bits per heavy atom. The van der Waals surface area contributed by atoms with E-state index < -0.39 is 0 Å². The number of rotatable bonds is 10. The summed E-state index contributed by atoms with van der Waals surface area (Å²) in [6.07, 6.45) is 8.87. The van der Waals surface area contributed by atoms with Crippen molar-refractivity contribution in [3.05, 3.63) is 24.3 Å². The van der Waals surface area contributed by atoms with Gasteiger partial charge in [-0.25, -0.2) is 4.98 Å². The number of ether oxygens (including phenoxy) is 3. The Balaban J connectivity index is 0.00000228. The van der Waals surface area contributed by atoms with Gasteiger partial charge in [0.05, 0.1) is 13.2 Å². The highest BCUT2D eigenvalue weighted by atomic mass is 35.5. The summed E-state index contributed by atoms with van der Waals surface area (Å²) in [7, 11) is 1.70. The van der Waals surface area contributed by atoms with E-state index in [0.717, 1.165) is 47.8 Å². The fourth-order valence-electron chi connectivity index (χ4n) is 5.58. The molecule has 4 rings (SSSR count). The molecule has 1 aliphatic carbocycles. The van der Waals surface area contributed by atoms with Crippen LogP contribution >= 0.6 is 37.2 Å². The zero-order valence-electron chi connectivity index (χ0n) is 22.7. The van der Waals surface area contributed by atoms with E-state index in [1.807, 2.05) is 18.2 Å². The highest BCUT2D eigenvalue weighted by Gasteiger charge is 2.30. The first-order chi connectivity index (χ1) is 16.6. The van der Waals surface area contributed by atoms with Crippen molar-refractivity contribution < 1.29 is 14.2 Å². The molecule has 0 amide bonds. The molecule has 0 spiro atoms. The lowest BCUT2D eigenvalue weighted by molar-refractivity contribution is 0.112. The van der Waals surface area contributed by atoms with Crippen LogP contribution in [-0.2, 0) is 4.74 Å². The molecule has 1 aliphatic heterocycles. The summed E-state index contributed by atoms with van der Waals surface area (Å²) in [5, 5.41) is 4.74. The van der Waals surface area contributed by atoms with E-state index in [1.54, 1.807) is 7.11 Å². The maximum absolute atomic E-state index is 6.38. The molecule has 1 saturated heterocycles. The maximum Gasteiger partial charge on any atom is 0.145 e. The highest BCUT2D eigenvalue weighted by Crippen LogP contribution is 2.35. The van der Waals surface area contributed by atoms with Crippen molar-refractivity contribution in [3.63, 3.8) is 0 Å². The largest absolute Gasteiger partial charge is 0.491 e. The summed E-state index contributed by atoms with van der Waals surface area (Å²) in [6.45, 7) is 9.87.